The maximum absolute atomic E-state index is 5.55. The molecule has 2 aromatic rings. The van der Waals surface area contributed by atoms with E-state index in [0.717, 1.165) is 30.8 Å². The zero-order valence-corrected chi connectivity index (χ0v) is 12.5. The quantitative estimate of drug-likeness (QED) is 0.785. The Morgan fingerprint density at radius 2 is 2.05 bits per heavy atom. The van der Waals surface area contributed by atoms with E-state index < -0.39 is 0 Å². The van der Waals surface area contributed by atoms with Crippen LogP contribution in [0.3, 0.4) is 0 Å². The summed E-state index contributed by atoms with van der Waals surface area (Å²) in [6, 6.07) is 10.2. The molecule has 0 unspecified atom stereocenters. The van der Waals surface area contributed by atoms with Gasteiger partial charge in [0.1, 0.15) is 12.4 Å². The van der Waals surface area contributed by atoms with E-state index in [1.807, 2.05) is 29.5 Å². The Morgan fingerprint density at radius 3 is 2.85 bits per heavy atom. The molecule has 0 aliphatic rings. The maximum Gasteiger partial charge on any atom is 0.148 e. The number of benzene rings is 1. The van der Waals surface area contributed by atoms with Crippen molar-refractivity contribution in [2.75, 3.05) is 6.61 Å². The molecule has 20 heavy (non-hydrogen) atoms. The Bertz CT molecular complexity index is 583. The van der Waals surface area contributed by atoms with Crippen molar-refractivity contribution in [2.45, 2.75) is 26.4 Å². The first-order chi connectivity index (χ1) is 9.85. The highest BCUT2D eigenvalue weighted by atomic mass is 32.1. The van der Waals surface area contributed by atoms with E-state index >= 15 is 0 Å². The van der Waals surface area contributed by atoms with Gasteiger partial charge in [-0.1, -0.05) is 31.0 Å². The van der Waals surface area contributed by atoms with Crippen molar-refractivity contribution in [1.82, 2.24) is 5.32 Å². The number of aryl methyl sites for hydroxylation is 1. The van der Waals surface area contributed by atoms with E-state index in [0.29, 0.717) is 6.61 Å². The van der Waals surface area contributed by atoms with Crippen LogP contribution in [-0.4, -0.2) is 6.61 Å². The van der Waals surface area contributed by atoms with Crippen LogP contribution in [-0.2, 0) is 19.5 Å². The van der Waals surface area contributed by atoms with Crippen LogP contribution in [0.5, 0.6) is 5.75 Å². The fourth-order valence-corrected chi connectivity index (χ4v) is 3.00. The van der Waals surface area contributed by atoms with Crippen LogP contribution in [0.25, 0.3) is 0 Å². The van der Waals surface area contributed by atoms with Gasteiger partial charge in [-0.25, -0.2) is 0 Å². The predicted octanol–water partition coefficient (Wildman–Crippen LogP) is 3.61. The minimum Gasteiger partial charge on any atom is -0.481 e. The molecular weight excluding hydrogens is 266 g/mol. The second kappa shape index (κ2) is 7.74. The first-order valence-corrected chi connectivity index (χ1v) is 7.63. The van der Waals surface area contributed by atoms with Gasteiger partial charge in [-0.3, -0.25) is 0 Å². The molecule has 0 aliphatic heterocycles. The summed E-state index contributed by atoms with van der Waals surface area (Å²) in [4.78, 5) is 1.41. The summed E-state index contributed by atoms with van der Waals surface area (Å²) in [7, 11) is 0. The fourth-order valence-electron chi connectivity index (χ4n) is 2.06. The third kappa shape index (κ3) is 3.86. The lowest BCUT2D eigenvalue weighted by Crippen LogP contribution is -2.13. The van der Waals surface area contributed by atoms with Crippen molar-refractivity contribution in [3.05, 3.63) is 51.7 Å². The molecule has 1 heterocycles. The van der Waals surface area contributed by atoms with Crippen LogP contribution in [0.4, 0.5) is 0 Å². The zero-order chi connectivity index (χ0) is 14.2. The Hall–Kier alpha value is -1.76. The molecule has 0 atom stereocenters. The van der Waals surface area contributed by atoms with Gasteiger partial charge in [0.05, 0.1) is 0 Å². The summed E-state index contributed by atoms with van der Waals surface area (Å²) in [6.45, 7) is 4.17. The standard InChI is InChI=1S/C17H19NOS/c1-3-10-19-16-8-6-5-7-15(16)12-18-13-17-14(4-2)9-11-20-17/h1,5-9,11,18H,4,10,12-13H2,2H3. The summed E-state index contributed by atoms with van der Waals surface area (Å²) in [6.07, 6.45) is 6.32. The van der Waals surface area contributed by atoms with Crippen LogP contribution < -0.4 is 10.1 Å². The number of thiophene rings is 1. The summed E-state index contributed by atoms with van der Waals surface area (Å²) in [5, 5.41) is 5.63. The van der Waals surface area contributed by atoms with Crippen molar-refractivity contribution in [1.29, 1.82) is 0 Å². The molecule has 104 valence electrons. The van der Waals surface area contributed by atoms with E-state index in [4.69, 9.17) is 11.2 Å². The smallest absolute Gasteiger partial charge is 0.148 e. The van der Waals surface area contributed by atoms with Gasteiger partial charge in [0.25, 0.3) is 0 Å². The van der Waals surface area contributed by atoms with E-state index in [1.165, 1.54) is 10.4 Å². The third-order valence-corrected chi connectivity index (χ3v) is 4.07. The molecule has 0 fully saturated rings. The second-order valence-corrected chi connectivity index (χ2v) is 5.43. The van der Waals surface area contributed by atoms with E-state index in [9.17, 15) is 0 Å². The van der Waals surface area contributed by atoms with Gasteiger partial charge in [0, 0.05) is 23.5 Å². The molecule has 2 nitrogen and oxygen atoms in total. The molecule has 1 aromatic heterocycles. The van der Waals surface area contributed by atoms with Crippen LogP contribution in [0.1, 0.15) is 22.9 Å². The van der Waals surface area contributed by atoms with Crippen molar-refractivity contribution in [2.24, 2.45) is 0 Å². The van der Waals surface area contributed by atoms with Crippen LogP contribution in [0, 0.1) is 12.3 Å². The first-order valence-electron chi connectivity index (χ1n) is 6.75. The first kappa shape index (κ1) is 14.6. The van der Waals surface area contributed by atoms with E-state index in [-0.39, 0.29) is 0 Å². The molecule has 2 rings (SSSR count). The average Bonchev–Trinajstić information content (AvgIpc) is 2.94. The minimum absolute atomic E-state index is 0.307. The second-order valence-electron chi connectivity index (χ2n) is 4.43. The Kier molecular flexibility index (Phi) is 5.67. The minimum atomic E-state index is 0.307. The topological polar surface area (TPSA) is 21.3 Å². The van der Waals surface area contributed by atoms with Gasteiger partial charge in [-0.05, 0) is 29.5 Å². The number of rotatable bonds is 7. The number of terminal acetylenes is 1. The summed E-state index contributed by atoms with van der Waals surface area (Å²) in [5.41, 5.74) is 2.57. The summed E-state index contributed by atoms with van der Waals surface area (Å²) in [5.74, 6) is 3.36. The van der Waals surface area contributed by atoms with Crippen molar-refractivity contribution >= 4 is 11.3 Å². The van der Waals surface area contributed by atoms with Crippen molar-refractivity contribution in [3.63, 3.8) is 0 Å². The van der Waals surface area contributed by atoms with E-state index in [2.05, 4.69) is 35.7 Å². The highest BCUT2D eigenvalue weighted by molar-refractivity contribution is 7.10. The molecule has 0 aliphatic carbocycles. The molecule has 0 radical (unpaired) electrons. The monoisotopic (exact) mass is 285 g/mol. The largest absolute Gasteiger partial charge is 0.481 e. The molecule has 0 spiro atoms. The van der Waals surface area contributed by atoms with E-state index in [1.54, 1.807) is 0 Å². The Morgan fingerprint density at radius 1 is 1.20 bits per heavy atom. The van der Waals surface area contributed by atoms with Gasteiger partial charge in [-0.15, -0.1) is 17.8 Å². The molecule has 0 saturated heterocycles. The van der Waals surface area contributed by atoms with Gasteiger partial charge < -0.3 is 10.1 Å². The van der Waals surface area contributed by atoms with Crippen molar-refractivity contribution < 1.29 is 4.74 Å². The average molecular weight is 285 g/mol. The normalized spacial score (nSPS) is 10.2. The van der Waals surface area contributed by atoms with Crippen LogP contribution >= 0.6 is 11.3 Å². The van der Waals surface area contributed by atoms with Crippen LogP contribution in [0.15, 0.2) is 35.7 Å². The number of para-hydroxylation sites is 1. The molecule has 0 amide bonds. The molecule has 0 bridgehead atoms. The Balaban J connectivity index is 1.92. The SMILES string of the molecule is C#CCOc1ccccc1CNCc1sccc1CC. The third-order valence-electron chi connectivity index (χ3n) is 3.10. The van der Waals surface area contributed by atoms with Crippen LogP contribution in [0.2, 0.25) is 0 Å². The highest BCUT2D eigenvalue weighted by Crippen LogP contribution is 2.19. The summed E-state index contributed by atoms with van der Waals surface area (Å²) >= 11 is 1.81. The molecule has 0 saturated carbocycles. The number of ether oxygens (including phenoxy) is 1. The lowest BCUT2D eigenvalue weighted by Gasteiger charge is -2.10. The maximum atomic E-state index is 5.55. The molecule has 1 aromatic carbocycles. The van der Waals surface area contributed by atoms with Gasteiger partial charge in [0.2, 0.25) is 0 Å². The lowest BCUT2D eigenvalue weighted by atomic mass is 10.2. The number of hydrogen-bond acceptors (Lipinski definition) is 3. The molecule has 3 heteroatoms. The fraction of sp³-hybridized carbons (Fsp3) is 0.294. The molecule has 1 N–H and O–H groups in total. The number of nitrogens with one attached hydrogen (secondary N) is 1. The number of hydrogen-bond donors (Lipinski definition) is 1. The highest BCUT2D eigenvalue weighted by Gasteiger charge is 2.04. The van der Waals surface area contributed by atoms with Gasteiger partial charge in [-0.2, -0.15) is 0 Å². The summed E-state index contributed by atoms with van der Waals surface area (Å²) < 4.78 is 5.55. The predicted molar refractivity (Wildman–Crippen MR) is 85.0 cm³/mol. The van der Waals surface area contributed by atoms with Gasteiger partial charge >= 0.3 is 0 Å². The Labute approximate surface area is 124 Å². The lowest BCUT2D eigenvalue weighted by molar-refractivity contribution is 0.365. The van der Waals surface area contributed by atoms with Crippen molar-refractivity contribution in [3.8, 4) is 18.1 Å². The zero-order valence-electron chi connectivity index (χ0n) is 11.7. The molecular formula is C17H19NOS. The van der Waals surface area contributed by atoms with Gasteiger partial charge in [0.15, 0.2) is 0 Å².